The van der Waals surface area contributed by atoms with Gasteiger partial charge >= 0.3 is 6.18 Å². The number of carbonyl (C=O) groups is 1. The highest BCUT2D eigenvalue weighted by atomic mass is 79.9. The maximum Gasteiger partial charge on any atom is 0.416 e. The molecule has 0 atom stereocenters. The lowest BCUT2D eigenvalue weighted by Crippen LogP contribution is -2.08. The number of benzene rings is 1. The lowest BCUT2D eigenvalue weighted by molar-refractivity contribution is -0.137. The second-order valence-electron chi connectivity index (χ2n) is 4.74. The molecule has 112 valence electrons. The number of ketones is 1. The van der Waals surface area contributed by atoms with Crippen LogP contribution in [0.1, 0.15) is 21.6 Å². The standard InChI is InChI=1S/C16H9BrF3NO/c17-12-9-14(15(22)10-4-2-1-3-5-10)21-7-6-11(8-13(12)21)16(18,19)20/h1-9H. The van der Waals surface area contributed by atoms with E-state index in [2.05, 4.69) is 15.9 Å². The monoisotopic (exact) mass is 367 g/mol. The van der Waals surface area contributed by atoms with Crippen molar-refractivity contribution in [3.8, 4) is 0 Å². The summed E-state index contributed by atoms with van der Waals surface area (Å²) >= 11 is 3.22. The molecule has 0 aliphatic heterocycles. The molecule has 0 unspecified atom stereocenters. The molecule has 0 saturated carbocycles. The molecule has 22 heavy (non-hydrogen) atoms. The smallest absolute Gasteiger partial charge is 0.312 e. The van der Waals surface area contributed by atoms with Crippen LogP contribution < -0.4 is 0 Å². The molecule has 0 aliphatic carbocycles. The normalized spacial score (nSPS) is 11.8. The number of halogens is 4. The van der Waals surface area contributed by atoms with Gasteiger partial charge in [0.1, 0.15) is 0 Å². The fraction of sp³-hybridized carbons (Fsp3) is 0.0625. The Kier molecular flexibility index (Phi) is 3.56. The predicted octanol–water partition coefficient (Wildman–Crippen LogP) is 4.95. The average molecular weight is 368 g/mol. The maximum atomic E-state index is 12.8. The molecule has 0 spiro atoms. The van der Waals surface area contributed by atoms with Crippen molar-refractivity contribution in [2.75, 3.05) is 0 Å². The first-order valence-electron chi connectivity index (χ1n) is 6.35. The highest BCUT2D eigenvalue weighted by Gasteiger charge is 2.31. The Morgan fingerprint density at radius 2 is 1.73 bits per heavy atom. The predicted molar refractivity (Wildman–Crippen MR) is 80.0 cm³/mol. The first-order chi connectivity index (χ1) is 10.4. The fourth-order valence-electron chi connectivity index (χ4n) is 2.25. The van der Waals surface area contributed by atoms with E-state index in [9.17, 15) is 18.0 Å². The van der Waals surface area contributed by atoms with E-state index in [-0.39, 0.29) is 5.78 Å². The topological polar surface area (TPSA) is 21.5 Å². The summed E-state index contributed by atoms with van der Waals surface area (Å²) < 4.78 is 40.3. The number of alkyl halides is 3. The van der Waals surface area contributed by atoms with Crippen molar-refractivity contribution in [2.45, 2.75) is 6.18 Å². The largest absolute Gasteiger partial charge is 0.416 e. The van der Waals surface area contributed by atoms with E-state index >= 15 is 0 Å². The van der Waals surface area contributed by atoms with Gasteiger partial charge in [0.05, 0.1) is 16.8 Å². The van der Waals surface area contributed by atoms with Crippen LogP contribution in [-0.2, 0) is 6.18 Å². The van der Waals surface area contributed by atoms with Crippen LogP contribution in [0.4, 0.5) is 13.2 Å². The summed E-state index contributed by atoms with van der Waals surface area (Å²) in [7, 11) is 0. The molecular weight excluding hydrogens is 359 g/mol. The lowest BCUT2D eigenvalue weighted by Gasteiger charge is -2.08. The summed E-state index contributed by atoms with van der Waals surface area (Å²) in [6.45, 7) is 0. The van der Waals surface area contributed by atoms with Crippen LogP contribution in [0.3, 0.4) is 0 Å². The Hall–Kier alpha value is -2.08. The highest BCUT2D eigenvalue weighted by molar-refractivity contribution is 9.10. The molecule has 0 saturated heterocycles. The zero-order chi connectivity index (χ0) is 15.9. The molecule has 3 rings (SSSR count). The number of carbonyl (C=O) groups excluding carboxylic acids is 1. The highest BCUT2D eigenvalue weighted by Crippen LogP contribution is 2.33. The van der Waals surface area contributed by atoms with Gasteiger partial charge in [0, 0.05) is 16.2 Å². The van der Waals surface area contributed by atoms with Crippen LogP contribution in [0.2, 0.25) is 0 Å². The second-order valence-corrected chi connectivity index (χ2v) is 5.60. The molecule has 3 aromatic rings. The van der Waals surface area contributed by atoms with Crippen LogP contribution in [0, 0.1) is 0 Å². The number of pyridine rings is 1. The Morgan fingerprint density at radius 3 is 2.36 bits per heavy atom. The van der Waals surface area contributed by atoms with E-state index < -0.39 is 11.7 Å². The minimum absolute atomic E-state index is 0.249. The molecular formula is C16H9BrF3NO. The van der Waals surface area contributed by atoms with E-state index in [0.29, 0.717) is 21.2 Å². The first kappa shape index (κ1) is 14.8. The van der Waals surface area contributed by atoms with Crippen molar-refractivity contribution >= 4 is 27.2 Å². The summed E-state index contributed by atoms with van der Waals surface area (Å²) in [5.41, 5.74) is 0.336. The van der Waals surface area contributed by atoms with Gasteiger partial charge in [-0.2, -0.15) is 13.2 Å². The summed E-state index contributed by atoms with van der Waals surface area (Å²) in [6, 6.07) is 12.1. The molecule has 0 N–H and O–H groups in total. The fourth-order valence-corrected chi connectivity index (χ4v) is 2.77. The van der Waals surface area contributed by atoms with Crippen LogP contribution in [0.25, 0.3) is 5.52 Å². The van der Waals surface area contributed by atoms with Gasteiger partial charge in [0.25, 0.3) is 0 Å². The van der Waals surface area contributed by atoms with Crippen molar-refractivity contribution in [1.82, 2.24) is 4.40 Å². The van der Waals surface area contributed by atoms with Crippen molar-refractivity contribution < 1.29 is 18.0 Å². The molecule has 1 aromatic carbocycles. The summed E-state index contributed by atoms with van der Waals surface area (Å²) in [5, 5.41) is 0. The third-order valence-corrected chi connectivity index (χ3v) is 3.95. The van der Waals surface area contributed by atoms with E-state index in [1.54, 1.807) is 30.3 Å². The summed E-state index contributed by atoms with van der Waals surface area (Å²) in [5.74, 6) is -0.249. The molecule has 0 fully saturated rings. The molecule has 2 nitrogen and oxygen atoms in total. The number of rotatable bonds is 2. The van der Waals surface area contributed by atoms with E-state index in [1.807, 2.05) is 0 Å². The second kappa shape index (κ2) is 5.28. The number of hydrogen-bond donors (Lipinski definition) is 0. The quantitative estimate of drug-likeness (QED) is 0.587. The van der Waals surface area contributed by atoms with Crippen LogP contribution in [0.15, 0.2) is 59.2 Å². The Morgan fingerprint density at radius 1 is 1.05 bits per heavy atom. The number of fused-ring (bicyclic) bond motifs is 1. The molecule has 0 bridgehead atoms. The van der Waals surface area contributed by atoms with Gasteiger partial charge in [0.15, 0.2) is 0 Å². The van der Waals surface area contributed by atoms with Crippen molar-refractivity contribution in [2.24, 2.45) is 0 Å². The zero-order valence-corrected chi connectivity index (χ0v) is 12.6. The molecule has 0 radical (unpaired) electrons. The summed E-state index contributed by atoms with van der Waals surface area (Å²) in [6.07, 6.45) is -3.16. The van der Waals surface area contributed by atoms with Gasteiger partial charge in [0.2, 0.25) is 5.78 Å². The van der Waals surface area contributed by atoms with Gasteiger partial charge in [-0.3, -0.25) is 4.79 Å². The first-order valence-corrected chi connectivity index (χ1v) is 7.15. The van der Waals surface area contributed by atoms with E-state index in [0.717, 1.165) is 12.1 Å². The van der Waals surface area contributed by atoms with E-state index in [4.69, 9.17) is 0 Å². The Balaban J connectivity index is 2.15. The summed E-state index contributed by atoms with van der Waals surface area (Å²) in [4.78, 5) is 12.5. The van der Waals surface area contributed by atoms with Gasteiger partial charge in [-0.15, -0.1) is 0 Å². The van der Waals surface area contributed by atoms with Crippen molar-refractivity contribution in [3.05, 3.63) is 76.0 Å². The Labute approximate surface area is 132 Å². The van der Waals surface area contributed by atoms with Crippen LogP contribution in [0.5, 0.6) is 0 Å². The lowest BCUT2D eigenvalue weighted by atomic mass is 10.1. The zero-order valence-electron chi connectivity index (χ0n) is 11.1. The van der Waals surface area contributed by atoms with Gasteiger partial charge in [-0.25, -0.2) is 0 Å². The molecule has 6 heteroatoms. The van der Waals surface area contributed by atoms with Crippen LogP contribution in [-0.4, -0.2) is 10.2 Å². The van der Waals surface area contributed by atoms with Gasteiger partial charge < -0.3 is 4.40 Å². The van der Waals surface area contributed by atoms with Gasteiger partial charge in [-0.1, -0.05) is 30.3 Å². The molecule has 0 aliphatic rings. The maximum absolute atomic E-state index is 12.8. The Bertz CT molecular complexity index is 853. The average Bonchev–Trinajstić information content (AvgIpc) is 2.83. The minimum Gasteiger partial charge on any atom is -0.312 e. The van der Waals surface area contributed by atoms with Crippen molar-refractivity contribution in [1.29, 1.82) is 0 Å². The molecule has 0 amide bonds. The third-order valence-electron chi connectivity index (χ3n) is 3.32. The number of aromatic nitrogens is 1. The third kappa shape index (κ3) is 2.54. The molecule has 2 aromatic heterocycles. The SMILES string of the molecule is O=C(c1ccccc1)c1cc(Br)c2cc(C(F)(F)F)ccn12. The van der Waals surface area contributed by atoms with Crippen LogP contribution >= 0.6 is 15.9 Å². The number of nitrogens with zero attached hydrogens (tertiary/aromatic N) is 1. The van der Waals surface area contributed by atoms with Gasteiger partial charge in [-0.05, 0) is 34.1 Å². The molecule has 2 heterocycles. The number of hydrogen-bond acceptors (Lipinski definition) is 1. The van der Waals surface area contributed by atoms with Crippen molar-refractivity contribution in [3.63, 3.8) is 0 Å². The van der Waals surface area contributed by atoms with E-state index in [1.165, 1.54) is 16.7 Å². The minimum atomic E-state index is -4.42.